The molecular weight excluding hydrogens is 546 g/mol. The van der Waals surface area contributed by atoms with Crippen LogP contribution in [0.3, 0.4) is 0 Å². The van der Waals surface area contributed by atoms with E-state index in [0.29, 0.717) is 32.3 Å². The van der Waals surface area contributed by atoms with Gasteiger partial charge in [0.15, 0.2) is 5.16 Å². The summed E-state index contributed by atoms with van der Waals surface area (Å²) in [6.45, 7) is 0. The zero-order valence-electron chi connectivity index (χ0n) is 17.6. The van der Waals surface area contributed by atoms with Gasteiger partial charge in [-0.05, 0) is 39.8 Å². The highest BCUT2D eigenvalue weighted by molar-refractivity contribution is 9.10. The fourth-order valence-corrected chi connectivity index (χ4v) is 4.75. The number of amides is 1. The Balaban J connectivity index is 1.63. The molecule has 4 aromatic rings. The highest BCUT2D eigenvalue weighted by atomic mass is 79.9. The molecule has 0 saturated carbocycles. The molecule has 0 aliphatic heterocycles. The Hall–Kier alpha value is -3.76. The molecular formula is C22H15BrF2N6O3S. The van der Waals surface area contributed by atoms with Crippen LogP contribution in [0.25, 0.3) is 16.5 Å². The van der Waals surface area contributed by atoms with Crippen molar-refractivity contribution in [3.63, 3.8) is 0 Å². The van der Waals surface area contributed by atoms with E-state index in [1.807, 2.05) is 5.32 Å². The number of alkyl halides is 2. The lowest BCUT2D eigenvalue weighted by Crippen LogP contribution is -2.48. The third kappa shape index (κ3) is 5.03. The molecule has 1 amide bonds. The van der Waals surface area contributed by atoms with E-state index in [4.69, 9.17) is 0 Å². The number of carbonyl (C=O) groups is 2. The van der Waals surface area contributed by atoms with Gasteiger partial charge in [-0.1, -0.05) is 24.3 Å². The van der Waals surface area contributed by atoms with E-state index in [2.05, 4.69) is 37.0 Å². The first kappa shape index (κ1) is 24.4. The van der Waals surface area contributed by atoms with Crippen molar-refractivity contribution in [3.05, 3.63) is 71.0 Å². The van der Waals surface area contributed by atoms with Crippen LogP contribution in [-0.2, 0) is 16.0 Å². The number of carboxylic acids is 1. The fourth-order valence-electron chi connectivity index (χ4n) is 3.40. The van der Waals surface area contributed by atoms with Gasteiger partial charge in [-0.25, -0.2) is 14.8 Å². The van der Waals surface area contributed by atoms with Crippen LogP contribution < -0.4 is 5.32 Å². The minimum absolute atomic E-state index is 0.125. The summed E-state index contributed by atoms with van der Waals surface area (Å²) in [5, 5.41) is 17.6. The number of aliphatic carboxylic acids is 1. The molecule has 178 valence electrons. The second-order valence-electron chi connectivity index (χ2n) is 7.25. The van der Waals surface area contributed by atoms with Gasteiger partial charge in [0.25, 0.3) is 0 Å². The minimum Gasteiger partial charge on any atom is -0.480 e. The Labute approximate surface area is 209 Å². The van der Waals surface area contributed by atoms with E-state index < -0.39 is 23.2 Å². The van der Waals surface area contributed by atoms with Crippen LogP contribution in [0.2, 0.25) is 0 Å². The summed E-state index contributed by atoms with van der Waals surface area (Å²) in [7, 11) is 0. The van der Waals surface area contributed by atoms with Crippen LogP contribution in [0.5, 0.6) is 0 Å². The topological polar surface area (TPSA) is 137 Å². The fraction of sp³-hybridized carbons (Fsp3) is 0.136. The molecule has 2 heterocycles. The van der Waals surface area contributed by atoms with Crippen molar-refractivity contribution in [2.75, 3.05) is 0 Å². The molecule has 0 bridgehead atoms. The molecule has 0 fully saturated rings. The predicted octanol–water partition coefficient (Wildman–Crippen LogP) is 3.88. The third-order valence-electron chi connectivity index (χ3n) is 5.01. The van der Waals surface area contributed by atoms with E-state index in [9.17, 15) is 28.7 Å². The standard InChI is InChI=1S/C22H15BrF2N6O3S/c23-18-10-28-21(31(18)17-6-5-12(8-26)14-3-1-2-4-15(14)17)35-22(24,25)20(34)30-16(19(32)33)7-13-9-27-11-29-13/h1-6,9-11,16H,7H2,(H,27,29)(H,30,34)(H,32,33). The number of nitrogens with zero attached hydrogens (tertiary/aromatic N) is 4. The monoisotopic (exact) mass is 560 g/mol. The first-order valence-electron chi connectivity index (χ1n) is 9.94. The van der Waals surface area contributed by atoms with E-state index in [-0.39, 0.29) is 23.3 Å². The van der Waals surface area contributed by atoms with Gasteiger partial charge in [0.2, 0.25) is 0 Å². The number of aromatic nitrogens is 4. The molecule has 0 aliphatic rings. The maximum atomic E-state index is 15.0. The highest BCUT2D eigenvalue weighted by Gasteiger charge is 2.44. The molecule has 9 nitrogen and oxygen atoms in total. The van der Waals surface area contributed by atoms with Crippen molar-refractivity contribution in [2.45, 2.75) is 22.9 Å². The number of benzene rings is 2. The number of carbonyl (C=O) groups excluding carboxylic acids is 1. The average Bonchev–Trinajstić information content (AvgIpc) is 3.47. The van der Waals surface area contributed by atoms with E-state index >= 15 is 0 Å². The summed E-state index contributed by atoms with van der Waals surface area (Å²) in [6.07, 6.45) is 3.71. The van der Waals surface area contributed by atoms with Crippen molar-refractivity contribution in [2.24, 2.45) is 0 Å². The summed E-state index contributed by atoms with van der Waals surface area (Å²) in [6, 6.07) is 10.7. The molecule has 2 aromatic heterocycles. The Morgan fingerprint density at radius 2 is 2.00 bits per heavy atom. The number of aromatic amines is 1. The molecule has 0 radical (unpaired) electrons. The predicted molar refractivity (Wildman–Crippen MR) is 126 cm³/mol. The van der Waals surface area contributed by atoms with Crippen LogP contribution in [0, 0.1) is 11.3 Å². The van der Waals surface area contributed by atoms with Gasteiger partial charge >= 0.3 is 17.1 Å². The Morgan fingerprint density at radius 1 is 1.26 bits per heavy atom. The smallest absolute Gasteiger partial charge is 0.377 e. The molecule has 0 saturated heterocycles. The van der Waals surface area contributed by atoms with Gasteiger partial charge in [0.1, 0.15) is 10.6 Å². The Kier molecular flexibility index (Phi) is 6.86. The molecule has 2 aromatic carbocycles. The van der Waals surface area contributed by atoms with Crippen molar-refractivity contribution in [1.82, 2.24) is 24.8 Å². The summed E-state index contributed by atoms with van der Waals surface area (Å²) in [4.78, 5) is 34.3. The van der Waals surface area contributed by atoms with Crippen LogP contribution >= 0.6 is 27.7 Å². The maximum absolute atomic E-state index is 15.0. The first-order chi connectivity index (χ1) is 16.7. The van der Waals surface area contributed by atoms with E-state index in [1.165, 1.54) is 23.3 Å². The molecule has 1 atom stereocenters. The van der Waals surface area contributed by atoms with Crippen molar-refractivity contribution in [1.29, 1.82) is 5.26 Å². The van der Waals surface area contributed by atoms with Gasteiger partial charge in [0.05, 0.1) is 29.8 Å². The second-order valence-corrected chi connectivity index (χ2v) is 9.15. The Morgan fingerprint density at radius 3 is 2.66 bits per heavy atom. The molecule has 1 unspecified atom stereocenters. The van der Waals surface area contributed by atoms with Crippen LogP contribution in [0.4, 0.5) is 8.78 Å². The van der Waals surface area contributed by atoms with Crippen LogP contribution in [0.15, 0.2) is 64.9 Å². The van der Waals surface area contributed by atoms with Crippen molar-refractivity contribution < 1.29 is 23.5 Å². The van der Waals surface area contributed by atoms with Gasteiger partial charge < -0.3 is 15.4 Å². The molecule has 3 N–H and O–H groups in total. The number of nitrogens with one attached hydrogen (secondary N) is 2. The first-order valence-corrected chi connectivity index (χ1v) is 11.6. The van der Waals surface area contributed by atoms with Gasteiger partial charge in [-0.2, -0.15) is 14.0 Å². The maximum Gasteiger partial charge on any atom is 0.377 e. The summed E-state index contributed by atoms with van der Waals surface area (Å²) < 4.78 is 31.7. The average molecular weight is 561 g/mol. The van der Waals surface area contributed by atoms with Crippen molar-refractivity contribution in [3.8, 4) is 11.8 Å². The number of fused-ring (bicyclic) bond motifs is 1. The third-order valence-corrected chi connectivity index (χ3v) is 6.49. The molecule has 35 heavy (non-hydrogen) atoms. The number of rotatable bonds is 8. The number of halogens is 3. The van der Waals surface area contributed by atoms with Crippen LogP contribution in [-0.4, -0.2) is 47.8 Å². The van der Waals surface area contributed by atoms with Gasteiger partial charge in [-0.3, -0.25) is 9.36 Å². The number of imidazole rings is 2. The van der Waals surface area contributed by atoms with Gasteiger partial charge in [-0.15, -0.1) is 0 Å². The van der Waals surface area contributed by atoms with E-state index in [0.717, 1.165) is 0 Å². The largest absolute Gasteiger partial charge is 0.480 e. The Bertz CT molecular complexity index is 1450. The minimum atomic E-state index is -4.05. The molecule has 0 spiro atoms. The lowest BCUT2D eigenvalue weighted by Gasteiger charge is -2.20. The number of H-pyrrole nitrogens is 1. The quantitative estimate of drug-likeness (QED) is 0.278. The summed E-state index contributed by atoms with van der Waals surface area (Å²) in [5.74, 6) is -3.24. The van der Waals surface area contributed by atoms with E-state index in [1.54, 1.807) is 36.4 Å². The number of hydrogen-bond acceptors (Lipinski definition) is 6. The molecule has 13 heteroatoms. The molecule has 0 aliphatic carbocycles. The summed E-state index contributed by atoms with van der Waals surface area (Å²) >= 11 is 3.18. The zero-order valence-corrected chi connectivity index (χ0v) is 20.0. The van der Waals surface area contributed by atoms with Gasteiger partial charge in [0, 0.05) is 29.1 Å². The van der Waals surface area contributed by atoms with Crippen LogP contribution in [0.1, 0.15) is 11.3 Å². The number of nitriles is 1. The number of hydrogen-bond donors (Lipinski definition) is 3. The zero-order chi connectivity index (χ0) is 25.2. The second kappa shape index (κ2) is 9.85. The number of thioether (sulfide) groups is 1. The SMILES string of the molecule is N#Cc1ccc(-n2c(Br)cnc2SC(F)(F)C(=O)NC(Cc2cnc[nH]2)C(=O)O)c2ccccc12. The molecule has 4 rings (SSSR count). The number of carboxylic acid groups (broad SMARTS) is 1. The highest BCUT2D eigenvalue weighted by Crippen LogP contribution is 2.39. The van der Waals surface area contributed by atoms with Crippen molar-refractivity contribution >= 4 is 50.3 Å². The lowest BCUT2D eigenvalue weighted by molar-refractivity contribution is -0.145. The lowest BCUT2D eigenvalue weighted by atomic mass is 10.0. The normalized spacial score (nSPS) is 12.3. The summed E-state index contributed by atoms with van der Waals surface area (Å²) in [5.41, 5.74) is 1.24.